The standard InChI is InChI=1S/C16H21N7O3/c1-17-16(25)23-6-3-4-11(23)14-19-12(20-26-14)10-8-22(9-10)15(24)13-18-5-7-21(13)2/h5,7,10-11H,3-4,6,8-9H2,1-2H3,(H,17,25). The summed E-state index contributed by atoms with van der Waals surface area (Å²) in [5.74, 6) is 1.43. The molecular formula is C16H21N7O3. The van der Waals surface area contributed by atoms with E-state index in [4.69, 9.17) is 4.52 Å². The molecule has 0 aromatic carbocycles. The second-order valence-corrected chi connectivity index (χ2v) is 6.67. The van der Waals surface area contributed by atoms with Gasteiger partial charge in [0.2, 0.25) is 5.89 Å². The largest absolute Gasteiger partial charge is 0.341 e. The minimum atomic E-state index is -0.179. The normalized spacial score (nSPS) is 20.3. The van der Waals surface area contributed by atoms with Gasteiger partial charge >= 0.3 is 6.03 Å². The lowest BCUT2D eigenvalue weighted by Gasteiger charge is -2.37. The summed E-state index contributed by atoms with van der Waals surface area (Å²) in [6.45, 7) is 1.75. The second kappa shape index (κ2) is 6.43. The highest BCUT2D eigenvalue weighted by Crippen LogP contribution is 2.33. The van der Waals surface area contributed by atoms with E-state index < -0.39 is 0 Å². The maximum atomic E-state index is 12.4. The summed E-state index contributed by atoms with van der Waals surface area (Å²) < 4.78 is 7.12. The minimum Gasteiger partial charge on any atom is -0.341 e. The SMILES string of the molecule is CNC(=O)N1CCCC1c1nc(C2CN(C(=O)c3nccn3C)C2)no1. The first-order chi connectivity index (χ1) is 12.6. The molecule has 26 heavy (non-hydrogen) atoms. The van der Waals surface area contributed by atoms with Crippen LogP contribution in [0.15, 0.2) is 16.9 Å². The number of carbonyl (C=O) groups excluding carboxylic acids is 2. The average molecular weight is 359 g/mol. The van der Waals surface area contributed by atoms with Gasteiger partial charge in [0, 0.05) is 46.1 Å². The second-order valence-electron chi connectivity index (χ2n) is 6.67. The molecule has 4 heterocycles. The monoisotopic (exact) mass is 359 g/mol. The van der Waals surface area contributed by atoms with Gasteiger partial charge in [-0.2, -0.15) is 4.98 Å². The first-order valence-electron chi connectivity index (χ1n) is 8.67. The van der Waals surface area contributed by atoms with Crippen LogP contribution < -0.4 is 5.32 Å². The van der Waals surface area contributed by atoms with Gasteiger partial charge in [-0.15, -0.1) is 0 Å². The van der Waals surface area contributed by atoms with Gasteiger partial charge in [-0.1, -0.05) is 5.16 Å². The quantitative estimate of drug-likeness (QED) is 0.856. The highest BCUT2D eigenvalue weighted by Gasteiger charge is 2.39. The third kappa shape index (κ3) is 2.71. The molecule has 2 aromatic heterocycles. The Morgan fingerprint density at radius 1 is 1.35 bits per heavy atom. The highest BCUT2D eigenvalue weighted by atomic mass is 16.5. The number of urea groups is 1. The number of aromatic nitrogens is 4. The van der Waals surface area contributed by atoms with Gasteiger partial charge in [0.15, 0.2) is 11.6 Å². The van der Waals surface area contributed by atoms with Gasteiger partial charge in [-0.25, -0.2) is 9.78 Å². The lowest BCUT2D eigenvalue weighted by molar-refractivity contribution is 0.0575. The molecule has 2 aromatic rings. The summed E-state index contributed by atoms with van der Waals surface area (Å²) in [6, 6.07) is -0.315. The Morgan fingerprint density at radius 2 is 2.15 bits per heavy atom. The van der Waals surface area contributed by atoms with E-state index in [1.54, 1.807) is 40.9 Å². The van der Waals surface area contributed by atoms with E-state index in [0.29, 0.717) is 37.2 Å². The van der Waals surface area contributed by atoms with Crippen LogP contribution in [0.3, 0.4) is 0 Å². The van der Waals surface area contributed by atoms with Crippen LogP contribution >= 0.6 is 0 Å². The molecule has 10 heteroatoms. The van der Waals surface area contributed by atoms with Crippen molar-refractivity contribution in [1.29, 1.82) is 0 Å². The number of amides is 3. The number of nitrogens with one attached hydrogen (secondary N) is 1. The summed E-state index contributed by atoms with van der Waals surface area (Å²) in [5.41, 5.74) is 0. The van der Waals surface area contributed by atoms with Gasteiger partial charge in [0.1, 0.15) is 6.04 Å². The molecular weight excluding hydrogens is 338 g/mol. The van der Waals surface area contributed by atoms with E-state index in [-0.39, 0.29) is 23.9 Å². The third-order valence-corrected chi connectivity index (χ3v) is 5.02. The average Bonchev–Trinajstić information content (AvgIpc) is 3.32. The van der Waals surface area contributed by atoms with Crippen LogP contribution in [0.1, 0.15) is 47.1 Å². The van der Waals surface area contributed by atoms with Gasteiger partial charge in [0.05, 0.1) is 5.92 Å². The zero-order valence-electron chi connectivity index (χ0n) is 14.8. The van der Waals surface area contributed by atoms with E-state index in [1.807, 2.05) is 0 Å². The highest BCUT2D eigenvalue weighted by molar-refractivity contribution is 5.91. The maximum Gasteiger partial charge on any atom is 0.317 e. The Kier molecular flexibility index (Phi) is 4.09. The number of carbonyl (C=O) groups is 2. The van der Waals surface area contributed by atoms with Crippen molar-refractivity contribution in [1.82, 2.24) is 34.8 Å². The molecule has 2 saturated heterocycles. The summed E-state index contributed by atoms with van der Waals surface area (Å²) in [4.78, 5) is 36.3. The van der Waals surface area contributed by atoms with Crippen LogP contribution in [-0.4, -0.2) is 68.1 Å². The van der Waals surface area contributed by atoms with E-state index >= 15 is 0 Å². The summed E-state index contributed by atoms with van der Waals surface area (Å²) >= 11 is 0. The molecule has 10 nitrogen and oxygen atoms in total. The van der Waals surface area contributed by atoms with E-state index in [2.05, 4.69) is 20.4 Å². The Bertz CT molecular complexity index is 823. The molecule has 2 aliphatic rings. The molecule has 0 spiro atoms. The molecule has 2 fully saturated rings. The number of rotatable bonds is 3. The van der Waals surface area contributed by atoms with Crippen LogP contribution in [0, 0.1) is 0 Å². The number of imidazole rings is 1. The smallest absolute Gasteiger partial charge is 0.317 e. The fraction of sp³-hybridized carbons (Fsp3) is 0.562. The Hall–Kier alpha value is -2.91. The zero-order valence-corrected chi connectivity index (χ0v) is 14.8. The van der Waals surface area contributed by atoms with Crippen LogP contribution in [-0.2, 0) is 7.05 Å². The minimum absolute atomic E-state index is 0.0478. The van der Waals surface area contributed by atoms with Crippen molar-refractivity contribution in [3.63, 3.8) is 0 Å². The third-order valence-electron chi connectivity index (χ3n) is 5.02. The van der Waals surface area contributed by atoms with Gasteiger partial charge in [-0.3, -0.25) is 4.79 Å². The topological polar surface area (TPSA) is 109 Å². The number of hydrogen-bond acceptors (Lipinski definition) is 6. The molecule has 0 radical (unpaired) electrons. The fourth-order valence-electron chi connectivity index (χ4n) is 3.48. The van der Waals surface area contributed by atoms with Crippen LogP contribution in [0.5, 0.6) is 0 Å². The molecule has 138 valence electrons. The van der Waals surface area contributed by atoms with E-state index in [0.717, 1.165) is 12.8 Å². The van der Waals surface area contributed by atoms with Crippen LogP contribution in [0.4, 0.5) is 4.79 Å². The van der Waals surface area contributed by atoms with E-state index in [9.17, 15) is 9.59 Å². The molecule has 0 saturated carbocycles. The first kappa shape index (κ1) is 16.6. The predicted octanol–water partition coefficient (Wildman–Crippen LogP) is 0.519. The van der Waals surface area contributed by atoms with Crippen molar-refractivity contribution < 1.29 is 14.1 Å². The van der Waals surface area contributed by atoms with Gasteiger partial charge in [0.25, 0.3) is 5.91 Å². The Morgan fingerprint density at radius 3 is 2.85 bits per heavy atom. The van der Waals surface area contributed by atoms with Gasteiger partial charge < -0.3 is 24.2 Å². The number of nitrogens with zero attached hydrogens (tertiary/aromatic N) is 6. The molecule has 3 amide bonds. The lowest BCUT2D eigenvalue weighted by Crippen LogP contribution is -2.49. The molecule has 1 N–H and O–H groups in total. The van der Waals surface area contributed by atoms with E-state index in [1.165, 1.54) is 0 Å². The lowest BCUT2D eigenvalue weighted by atomic mass is 9.99. The van der Waals surface area contributed by atoms with Crippen molar-refractivity contribution in [2.24, 2.45) is 7.05 Å². The molecule has 4 rings (SSSR count). The Labute approximate surface area is 150 Å². The summed E-state index contributed by atoms with van der Waals surface area (Å²) in [6.07, 6.45) is 5.07. The van der Waals surface area contributed by atoms with Gasteiger partial charge in [-0.05, 0) is 12.8 Å². The Balaban J connectivity index is 1.40. The van der Waals surface area contributed by atoms with Crippen molar-refractivity contribution in [2.45, 2.75) is 24.8 Å². The molecule has 0 aliphatic carbocycles. The number of aryl methyl sites for hydroxylation is 1. The van der Waals surface area contributed by atoms with Crippen LogP contribution in [0.25, 0.3) is 0 Å². The summed E-state index contributed by atoms with van der Waals surface area (Å²) in [5, 5.41) is 6.71. The number of hydrogen-bond donors (Lipinski definition) is 1. The molecule has 2 aliphatic heterocycles. The fourth-order valence-corrected chi connectivity index (χ4v) is 3.48. The van der Waals surface area contributed by atoms with Crippen molar-refractivity contribution >= 4 is 11.9 Å². The zero-order chi connectivity index (χ0) is 18.3. The predicted molar refractivity (Wildman–Crippen MR) is 89.3 cm³/mol. The summed E-state index contributed by atoms with van der Waals surface area (Å²) in [7, 11) is 3.40. The molecule has 1 unspecified atom stereocenters. The first-order valence-corrected chi connectivity index (χ1v) is 8.67. The van der Waals surface area contributed by atoms with Crippen molar-refractivity contribution in [2.75, 3.05) is 26.7 Å². The number of likely N-dealkylation sites (tertiary alicyclic amines) is 2. The maximum absolute atomic E-state index is 12.4. The van der Waals surface area contributed by atoms with Crippen molar-refractivity contribution in [3.05, 3.63) is 29.9 Å². The van der Waals surface area contributed by atoms with Crippen molar-refractivity contribution in [3.8, 4) is 0 Å². The van der Waals surface area contributed by atoms with Crippen LogP contribution in [0.2, 0.25) is 0 Å². The molecule has 1 atom stereocenters. The molecule has 0 bridgehead atoms.